The van der Waals surface area contributed by atoms with Crippen LogP contribution >= 0.6 is 24.0 Å². The SMILES string of the molecule is CCC1(CC)CCN(C(=NC)NCc2cc(C)no2)C1.I. The van der Waals surface area contributed by atoms with Crippen molar-refractivity contribution in [3.8, 4) is 0 Å². The number of aliphatic imine (C=N–C) groups is 1. The van der Waals surface area contributed by atoms with Crippen molar-refractivity contribution in [1.82, 2.24) is 15.4 Å². The zero-order chi connectivity index (χ0) is 14.6. The molecule has 5 nitrogen and oxygen atoms in total. The van der Waals surface area contributed by atoms with Gasteiger partial charge in [0.1, 0.15) is 0 Å². The highest BCUT2D eigenvalue weighted by atomic mass is 127. The zero-order valence-corrected chi connectivity index (χ0v) is 15.8. The number of aryl methyl sites for hydroxylation is 1. The summed E-state index contributed by atoms with van der Waals surface area (Å²) in [5.74, 6) is 1.81. The third-order valence-electron chi connectivity index (χ3n) is 4.55. The first-order valence-corrected chi connectivity index (χ1v) is 7.50. The molecule has 0 aliphatic carbocycles. The van der Waals surface area contributed by atoms with E-state index in [0.29, 0.717) is 12.0 Å². The highest BCUT2D eigenvalue weighted by Gasteiger charge is 2.36. The van der Waals surface area contributed by atoms with Crippen molar-refractivity contribution >= 4 is 29.9 Å². The average molecular weight is 406 g/mol. The van der Waals surface area contributed by atoms with Gasteiger partial charge in [0.2, 0.25) is 0 Å². The Bertz CT molecular complexity index is 468. The van der Waals surface area contributed by atoms with E-state index in [-0.39, 0.29) is 24.0 Å². The van der Waals surface area contributed by atoms with Gasteiger partial charge in [0.25, 0.3) is 0 Å². The van der Waals surface area contributed by atoms with Crippen LogP contribution in [0.15, 0.2) is 15.6 Å². The molecule has 0 unspecified atom stereocenters. The maximum Gasteiger partial charge on any atom is 0.194 e. The van der Waals surface area contributed by atoms with Gasteiger partial charge in [-0.2, -0.15) is 0 Å². The second-order valence-corrected chi connectivity index (χ2v) is 5.71. The number of hydrogen-bond acceptors (Lipinski definition) is 3. The van der Waals surface area contributed by atoms with Gasteiger partial charge in [-0.3, -0.25) is 4.99 Å². The van der Waals surface area contributed by atoms with Crippen LogP contribution in [0.3, 0.4) is 0 Å². The molecular formula is C15H27IN4O. The Morgan fingerprint density at radius 3 is 2.67 bits per heavy atom. The lowest BCUT2D eigenvalue weighted by atomic mass is 9.82. The smallest absolute Gasteiger partial charge is 0.194 e. The summed E-state index contributed by atoms with van der Waals surface area (Å²) in [4.78, 5) is 6.75. The fourth-order valence-electron chi connectivity index (χ4n) is 2.94. The highest BCUT2D eigenvalue weighted by Crippen LogP contribution is 2.36. The van der Waals surface area contributed by atoms with Gasteiger partial charge < -0.3 is 14.7 Å². The van der Waals surface area contributed by atoms with Crippen molar-refractivity contribution in [2.24, 2.45) is 10.4 Å². The fraction of sp³-hybridized carbons (Fsp3) is 0.733. The Kier molecular flexibility index (Phi) is 6.96. The minimum Gasteiger partial charge on any atom is -0.359 e. The molecule has 1 aromatic rings. The van der Waals surface area contributed by atoms with E-state index >= 15 is 0 Å². The first kappa shape index (κ1) is 18.3. The molecule has 0 radical (unpaired) electrons. The van der Waals surface area contributed by atoms with E-state index in [9.17, 15) is 0 Å². The Hall–Kier alpha value is -0.790. The Labute approximate surface area is 144 Å². The van der Waals surface area contributed by atoms with Crippen LogP contribution < -0.4 is 5.32 Å². The molecule has 1 N–H and O–H groups in total. The first-order chi connectivity index (χ1) is 9.62. The standard InChI is InChI=1S/C15H26N4O.HI/c1-5-15(6-2)7-8-19(11-15)14(16-4)17-10-13-9-12(3)18-20-13;/h9H,5-8,10-11H2,1-4H3,(H,16,17);1H. The maximum absolute atomic E-state index is 5.22. The van der Waals surface area contributed by atoms with Crippen molar-refractivity contribution in [1.29, 1.82) is 0 Å². The van der Waals surface area contributed by atoms with Crippen LogP contribution in [-0.4, -0.2) is 36.2 Å². The van der Waals surface area contributed by atoms with Gasteiger partial charge in [0.15, 0.2) is 11.7 Å². The second kappa shape index (κ2) is 8.00. The average Bonchev–Trinajstić information content (AvgIpc) is 3.07. The molecule has 0 amide bonds. The minimum absolute atomic E-state index is 0. The number of hydrogen-bond donors (Lipinski definition) is 1. The third-order valence-corrected chi connectivity index (χ3v) is 4.55. The van der Waals surface area contributed by atoms with Crippen molar-refractivity contribution in [2.75, 3.05) is 20.1 Å². The van der Waals surface area contributed by atoms with E-state index in [1.54, 1.807) is 0 Å². The molecule has 1 aromatic heterocycles. The van der Waals surface area contributed by atoms with Gasteiger partial charge in [-0.15, -0.1) is 24.0 Å². The topological polar surface area (TPSA) is 53.7 Å². The summed E-state index contributed by atoms with van der Waals surface area (Å²) < 4.78 is 5.22. The minimum atomic E-state index is 0. The number of likely N-dealkylation sites (tertiary alicyclic amines) is 1. The number of halogens is 1. The van der Waals surface area contributed by atoms with Crippen LogP contribution in [0.2, 0.25) is 0 Å². The molecule has 120 valence electrons. The lowest BCUT2D eigenvalue weighted by Crippen LogP contribution is -2.40. The molecule has 21 heavy (non-hydrogen) atoms. The van der Waals surface area contributed by atoms with Crippen LogP contribution in [0.25, 0.3) is 0 Å². The zero-order valence-electron chi connectivity index (χ0n) is 13.5. The monoisotopic (exact) mass is 406 g/mol. The summed E-state index contributed by atoms with van der Waals surface area (Å²) in [6.07, 6.45) is 3.72. The van der Waals surface area contributed by atoms with E-state index in [1.165, 1.54) is 19.3 Å². The van der Waals surface area contributed by atoms with Crippen LogP contribution in [-0.2, 0) is 6.54 Å². The van der Waals surface area contributed by atoms with Gasteiger partial charge >= 0.3 is 0 Å². The molecule has 6 heteroatoms. The molecule has 1 saturated heterocycles. The van der Waals surface area contributed by atoms with Crippen LogP contribution in [0.5, 0.6) is 0 Å². The summed E-state index contributed by atoms with van der Waals surface area (Å²) in [6, 6.07) is 1.95. The van der Waals surface area contributed by atoms with Crippen molar-refractivity contribution in [3.63, 3.8) is 0 Å². The van der Waals surface area contributed by atoms with Gasteiger partial charge in [-0.05, 0) is 31.6 Å². The molecule has 1 aliphatic rings. The predicted molar refractivity (Wildman–Crippen MR) is 96.1 cm³/mol. The van der Waals surface area contributed by atoms with Crippen molar-refractivity contribution < 1.29 is 4.52 Å². The molecule has 2 heterocycles. The summed E-state index contributed by atoms with van der Waals surface area (Å²) in [6.45, 7) is 9.32. The Morgan fingerprint density at radius 1 is 1.48 bits per heavy atom. The highest BCUT2D eigenvalue weighted by molar-refractivity contribution is 14.0. The molecule has 0 saturated carbocycles. The number of aromatic nitrogens is 1. The van der Waals surface area contributed by atoms with Gasteiger partial charge in [-0.25, -0.2) is 0 Å². The quantitative estimate of drug-likeness (QED) is 0.474. The lowest BCUT2D eigenvalue weighted by molar-refractivity contribution is 0.275. The van der Waals surface area contributed by atoms with E-state index in [1.807, 2.05) is 20.0 Å². The maximum atomic E-state index is 5.22. The van der Waals surface area contributed by atoms with Crippen LogP contribution in [0.4, 0.5) is 0 Å². The van der Waals surface area contributed by atoms with Crippen molar-refractivity contribution in [2.45, 2.75) is 46.6 Å². The molecule has 0 spiro atoms. The predicted octanol–water partition coefficient (Wildman–Crippen LogP) is 3.19. The molecule has 0 atom stereocenters. The van der Waals surface area contributed by atoms with Gasteiger partial charge in [-0.1, -0.05) is 19.0 Å². The van der Waals surface area contributed by atoms with Gasteiger partial charge in [0.05, 0.1) is 12.2 Å². The van der Waals surface area contributed by atoms with E-state index in [2.05, 4.69) is 34.2 Å². The number of guanidine groups is 1. The third kappa shape index (κ3) is 4.34. The molecule has 0 aromatic carbocycles. The summed E-state index contributed by atoms with van der Waals surface area (Å²) in [5, 5.41) is 7.27. The summed E-state index contributed by atoms with van der Waals surface area (Å²) in [5.41, 5.74) is 1.37. The molecule has 2 rings (SSSR count). The van der Waals surface area contributed by atoms with Crippen LogP contribution in [0, 0.1) is 12.3 Å². The van der Waals surface area contributed by atoms with Crippen molar-refractivity contribution in [3.05, 3.63) is 17.5 Å². The fourth-order valence-corrected chi connectivity index (χ4v) is 2.94. The molecule has 0 bridgehead atoms. The van der Waals surface area contributed by atoms with E-state index < -0.39 is 0 Å². The Morgan fingerprint density at radius 2 is 2.19 bits per heavy atom. The van der Waals surface area contributed by atoms with Crippen LogP contribution in [0.1, 0.15) is 44.6 Å². The van der Waals surface area contributed by atoms with E-state index in [0.717, 1.165) is 30.5 Å². The number of rotatable bonds is 4. The summed E-state index contributed by atoms with van der Waals surface area (Å²) >= 11 is 0. The number of nitrogens with one attached hydrogen (secondary N) is 1. The molecule has 1 fully saturated rings. The number of nitrogens with zero attached hydrogens (tertiary/aromatic N) is 3. The molecular weight excluding hydrogens is 379 g/mol. The van der Waals surface area contributed by atoms with Gasteiger partial charge in [0, 0.05) is 26.2 Å². The normalized spacial score (nSPS) is 17.7. The second-order valence-electron chi connectivity index (χ2n) is 5.71. The molecule has 1 aliphatic heterocycles. The Balaban J connectivity index is 0.00000220. The first-order valence-electron chi connectivity index (χ1n) is 7.50. The van der Waals surface area contributed by atoms with E-state index in [4.69, 9.17) is 4.52 Å². The lowest BCUT2D eigenvalue weighted by Gasteiger charge is -2.27. The largest absolute Gasteiger partial charge is 0.359 e. The summed E-state index contributed by atoms with van der Waals surface area (Å²) in [7, 11) is 1.84.